The van der Waals surface area contributed by atoms with Crippen molar-refractivity contribution in [2.24, 2.45) is 5.16 Å². The number of oxime groups is 1. The van der Waals surface area contributed by atoms with E-state index in [1.54, 1.807) is 24.3 Å². The summed E-state index contributed by atoms with van der Waals surface area (Å²) in [6.07, 6.45) is 0.788. The van der Waals surface area contributed by atoms with Gasteiger partial charge in [0.05, 0.1) is 6.61 Å². The lowest BCUT2D eigenvalue weighted by Crippen LogP contribution is -2.12. The van der Waals surface area contributed by atoms with Crippen LogP contribution in [0.3, 0.4) is 0 Å². The van der Waals surface area contributed by atoms with Crippen molar-refractivity contribution in [2.75, 3.05) is 11.9 Å². The zero-order chi connectivity index (χ0) is 11.1. The Balaban J connectivity index is 2.60. The second-order valence-electron chi connectivity index (χ2n) is 2.69. The normalized spacial score (nSPS) is 10.2. The van der Waals surface area contributed by atoms with E-state index in [4.69, 9.17) is 9.94 Å². The zero-order valence-corrected chi connectivity index (χ0v) is 8.30. The highest BCUT2D eigenvalue weighted by Gasteiger charge is 1.98. The standard InChI is InChI=1S/C10H12N2O3/c1-2-15-9-5-3-8(4-6-9)12-10(13)7-11-14/h3-7,14H,2H2,1H3,(H,12,13). The van der Waals surface area contributed by atoms with Crippen LogP contribution in [0, 0.1) is 0 Å². The van der Waals surface area contributed by atoms with Gasteiger partial charge in [-0.2, -0.15) is 0 Å². The van der Waals surface area contributed by atoms with E-state index in [-0.39, 0.29) is 0 Å². The second kappa shape index (κ2) is 5.64. The lowest BCUT2D eigenvalue weighted by molar-refractivity contribution is -0.110. The van der Waals surface area contributed by atoms with Gasteiger partial charge in [0.2, 0.25) is 0 Å². The number of anilines is 1. The first-order chi connectivity index (χ1) is 7.26. The maximum atomic E-state index is 11.0. The number of rotatable bonds is 4. The van der Waals surface area contributed by atoms with Crippen LogP contribution in [0.15, 0.2) is 29.4 Å². The van der Waals surface area contributed by atoms with Crippen molar-refractivity contribution in [3.8, 4) is 5.75 Å². The average molecular weight is 208 g/mol. The van der Waals surface area contributed by atoms with Crippen molar-refractivity contribution < 1.29 is 14.7 Å². The smallest absolute Gasteiger partial charge is 0.270 e. The Morgan fingerprint density at radius 2 is 2.20 bits per heavy atom. The lowest BCUT2D eigenvalue weighted by atomic mass is 10.3. The minimum Gasteiger partial charge on any atom is -0.494 e. The van der Waals surface area contributed by atoms with Crippen LogP contribution in [0.25, 0.3) is 0 Å². The Morgan fingerprint density at radius 3 is 2.73 bits per heavy atom. The van der Waals surface area contributed by atoms with E-state index in [9.17, 15) is 4.79 Å². The van der Waals surface area contributed by atoms with Crippen LogP contribution in [0.2, 0.25) is 0 Å². The van der Waals surface area contributed by atoms with Crippen LogP contribution in [-0.4, -0.2) is 23.9 Å². The molecule has 5 heteroatoms. The van der Waals surface area contributed by atoms with E-state index >= 15 is 0 Å². The van der Waals surface area contributed by atoms with Gasteiger partial charge in [-0.3, -0.25) is 4.79 Å². The molecule has 0 saturated carbocycles. The molecule has 0 saturated heterocycles. The van der Waals surface area contributed by atoms with Crippen LogP contribution in [-0.2, 0) is 4.79 Å². The summed E-state index contributed by atoms with van der Waals surface area (Å²) >= 11 is 0. The van der Waals surface area contributed by atoms with Crippen molar-refractivity contribution in [1.82, 2.24) is 0 Å². The number of hydrogen-bond donors (Lipinski definition) is 2. The third kappa shape index (κ3) is 3.68. The quantitative estimate of drug-likeness (QED) is 0.447. The van der Waals surface area contributed by atoms with Gasteiger partial charge in [0.25, 0.3) is 5.91 Å². The molecule has 1 rings (SSSR count). The first-order valence-electron chi connectivity index (χ1n) is 4.47. The third-order valence-electron chi connectivity index (χ3n) is 1.61. The molecule has 0 aliphatic heterocycles. The number of hydrogen-bond acceptors (Lipinski definition) is 4. The van der Waals surface area contributed by atoms with E-state index in [0.717, 1.165) is 12.0 Å². The van der Waals surface area contributed by atoms with Crippen molar-refractivity contribution in [3.05, 3.63) is 24.3 Å². The SMILES string of the molecule is CCOc1ccc(NC(=O)C=NO)cc1. The molecule has 1 amide bonds. The van der Waals surface area contributed by atoms with Gasteiger partial charge in [0.15, 0.2) is 0 Å². The van der Waals surface area contributed by atoms with Crippen LogP contribution >= 0.6 is 0 Å². The first-order valence-corrected chi connectivity index (χ1v) is 4.47. The summed E-state index contributed by atoms with van der Waals surface area (Å²) in [5.41, 5.74) is 0.614. The molecule has 1 aromatic rings. The van der Waals surface area contributed by atoms with Gasteiger partial charge in [-0.15, -0.1) is 0 Å². The van der Waals surface area contributed by atoms with Crippen molar-refractivity contribution in [1.29, 1.82) is 0 Å². The molecular weight excluding hydrogens is 196 g/mol. The molecular formula is C10H12N2O3. The molecule has 0 fully saturated rings. The Hall–Kier alpha value is -2.04. The van der Waals surface area contributed by atoms with Crippen LogP contribution < -0.4 is 10.1 Å². The van der Waals surface area contributed by atoms with Gasteiger partial charge in [-0.25, -0.2) is 0 Å². The van der Waals surface area contributed by atoms with Gasteiger partial charge >= 0.3 is 0 Å². The number of benzene rings is 1. The highest BCUT2D eigenvalue weighted by Crippen LogP contribution is 2.15. The second-order valence-corrected chi connectivity index (χ2v) is 2.69. The number of carbonyl (C=O) groups excluding carboxylic acids is 1. The van der Waals surface area contributed by atoms with E-state index in [1.807, 2.05) is 6.92 Å². The minimum absolute atomic E-state index is 0.485. The fourth-order valence-electron chi connectivity index (χ4n) is 1.03. The molecule has 0 unspecified atom stereocenters. The van der Waals surface area contributed by atoms with E-state index in [2.05, 4.69) is 10.5 Å². The first kappa shape index (κ1) is 11.0. The molecule has 0 radical (unpaired) electrons. The molecule has 0 aromatic heterocycles. The van der Waals surface area contributed by atoms with Gasteiger partial charge in [-0.1, -0.05) is 5.16 Å². The van der Waals surface area contributed by atoms with Gasteiger partial charge in [0, 0.05) is 5.69 Å². The monoisotopic (exact) mass is 208 g/mol. The summed E-state index contributed by atoms with van der Waals surface area (Å²) in [6.45, 7) is 2.50. The van der Waals surface area contributed by atoms with Crippen molar-refractivity contribution in [2.45, 2.75) is 6.92 Å². The topological polar surface area (TPSA) is 70.9 Å². The third-order valence-corrected chi connectivity index (χ3v) is 1.61. The van der Waals surface area contributed by atoms with E-state index in [0.29, 0.717) is 12.3 Å². The fourth-order valence-corrected chi connectivity index (χ4v) is 1.03. The number of carbonyl (C=O) groups is 1. The lowest BCUT2D eigenvalue weighted by Gasteiger charge is -2.04. The summed E-state index contributed by atoms with van der Waals surface area (Å²) in [5.74, 6) is 0.257. The van der Waals surface area contributed by atoms with Gasteiger partial charge < -0.3 is 15.3 Å². The molecule has 1 aromatic carbocycles. The molecule has 0 spiro atoms. The molecule has 0 bridgehead atoms. The van der Waals surface area contributed by atoms with E-state index < -0.39 is 5.91 Å². The Labute approximate surface area is 87.4 Å². The highest BCUT2D eigenvalue weighted by molar-refractivity contribution is 6.31. The Morgan fingerprint density at radius 1 is 1.53 bits per heavy atom. The molecule has 2 N–H and O–H groups in total. The molecule has 15 heavy (non-hydrogen) atoms. The number of amides is 1. The molecule has 0 aliphatic carbocycles. The number of ether oxygens (including phenoxy) is 1. The summed E-state index contributed by atoms with van der Waals surface area (Å²) in [4.78, 5) is 11.0. The van der Waals surface area contributed by atoms with Gasteiger partial charge in [0.1, 0.15) is 12.0 Å². The molecule has 0 aliphatic rings. The maximum absolute atomic E-state index is 11.0. The molecule has 80 valence electrons. The largest absolute Gasteiger partial charge is 0.494 e. The number of nitrogens with zero attached hydrogens (tertiary/aromatic N) is 1. The maximum Gasteiger partial charge on any atom is 0.270 e. The molecule has 0 heterocycles. The van der Waals surface area contributed by atoms with E-state index in [1.165, 1.54) is 0 Å². The summed E-state index contributed by atoms with van der Waals surface area (Å²) in [6, 6.07) is 6.90. The highest BCUT2D eigenvalue weighted by atomic mass is 16.5. The molecule has 0 atom stereocenters. The van der Waals surface area contributed by atoms with Crippen LogP contribution in [0.1, 0.15) is 6.92 Å². The zero-order valence-electron chi connectivity index (χ0n) is 8.30. The van der Waals surface area contributed by atoms with Crippen molar-refractivity contribution >= 4 is 17.8 Å². The Bertz CT molecular complexity index is 346. The van der Waals surface area contributed by atoms with Crippen LogP contribution in [0.4, 0.5) is 5.69 Å². The molecule has 5 nitrogen and oxygen atoms in total. The minimum atomic E-state index is -0.485. The summed E-state index contributed by atoms with van der Waals surface area (Å²) < 4.78 is 5.23. The Kier molecular flexibility index (Phi) is 4.15. The number of nitrogens with one attached hydrogen (secondary N) is 1. The predicted octanol–water partition coefficient (Wildman–Crippen LogP) is 1.48. The van der Waals surface area contributed by atoms with Crippen molar-refractivity contribution in [3.63, 3.8) is 0 Å². The van der Waals surface area contributed by atoms with Gasteiger partial charge in [-0.05, 0) is 31.2 Å². The fraction of sp³-hybridized carbons (Fsp3) is 0.200. The van der Waals surface area contributed by atoms with Crippen LogP contribution in [0.5, 0.6) is 5.75 Å². The summed E-state index contributed by atoms with van der Waals surface area (Å²) in [7, 11) is 0. The summed E-state index contributed by atoms with van der Waals surface area (Å²) in [5, 5.41) is 13.2. The predicted molar refractivity (Wildman–Crippen MR) is 56.5 cm³/mol. The average Bonchev–Trinajstić information content (AvgIpc) is 2.22.